The summed E-state index contributed by atoms with van der Waals surface area (Å²) in [6.07, 6.45) is -5.81. The third kappa shape index (κ3) is 5.02. The maximum atomic E-state index is 13.4. The van der Waals surface area contributed by atoms with Crippen LogP contribution in [-0.4, -0.2) is 42.8 Å². The number of amides is 1. The molecule has 0 saturated carbocycles. The zero-order chi connectivity index (χ0) is 21.3. The molecule has 2 aromatic rings. The number of rotatable bonds is 5. The molecule has 1 fully saturated rings. The number of ether oxygens (including phenoxy) is 1. The Hall–Kier alpha value is -2.27. The third-order valence-electron chi connectivity index (χ3n) is 4.28. The van der Waals surface area contributed by atoms with Gasteiger partial charge in [0.15, 0.2) is 0 Å². The van der Waals surface area contributed by atoms with E-state index in [-0.39, 0.29) is 36.0 Å². The number of alkyl halides is 6. The maximum absolute atomic E-state index is 13.4. The Morgan fingerprint density at radius 3 is 2.66 bits per heavy atom. The molecule has 5 nitrogen and oxygen atoms in total. The van der Waals surface area contributed by atoms with Crippen molar-refractivity contribution in [2.45, 2.75) is 31.4 Å². The lowest BCUT2D eigenvalue weighted by Gasteiger charge is -2.15. The van der Waals surface area contributed by atoms with E-state index < -0.39 is 47.4 Å². The van der Waals surface area contributed by atoms with Crippen LogP contribution in [-0.2, 0) is 6.18 Å². The molecule has 12 heteroatoms. The Labute approximate surface area is 165 Å². The van der Waals surface area contributed by atoms with E-state index in [0.29, 0.717) is 6.07 Å². The van der Waals surface area contributed by atoms with Crippen molar-refractivity contribution >= 4 is 28.4 Å². The van der Waals surface area contributed by atoms with Gasteiger partial charge < -0.3 is 15.4 Å². The molecule has 158 valence electrons. The second kappa shape index (κ2) is 8.23. The molecular formula is C17H14ClF6N3O2. The maximum Gasteiger partial charge on any atom is 0.418 e. The van der Waals surface area contributed by atoms with Crippen molar-refractivity contribution in [3.05, 3.63) is 34.5 Å². The quantitative estimate of drug-likeness (QED) is 0.690. The van der Waals surface area contributed by atoms with Gasteiger partial charge in [-0.05, 0) is 24.6 Å². The number of nitrogens with one attached hydrogen (secondary N) is 2. The predicted molar refractivity (Wildman–Crippen MR) is 92.0 cm³/mol. The Balaban J connectivity index is 1.95. The number of hydrogen-bond donors (Lipinski definition) is 2. The summed E-state index contributed by atoms with van der Waals surface area (Å²) in [5.74, 6) is -1.55. The SMILES string of the molecule is O=C(NCC1CC(F)CN1)c1cc(Cl)c2cc(OC(F)F)cc(C(F)(F)F)c2n1. The van der Waals surface area contributed by atoms with Gasteiger partial charge in [0.05, 0.1) is 16.1 Å². The van der Waals surface area contributed by atoms with Crippen LogP contribution in [0.4, 0.5) is 26.3 Å². The van der Waals surface area contributed by atoms with Crippen molar-refractivity contribution in [2.24, 2.45) is 0 Å². The number of aromatic nitrogens is 1. The number of carbonyl (C=O) groups excluding carboxylic acids is 1. The fourth-order valence-electron chi connectivity index (χ4n) is 3.00. The van der Waals surface area contributed by atoms with Crippen molar-refractivity contribution in [1.29, 1.82) is 0 Å². The smallest absolute Gasteiger partial charge is 0.418 e. The van der Waals surface area contributed by atoms with Crippen LogP contribution in [0, 0.1) is 0 Å². The first-order valence-corrected chi connectivity index (χ1v) is 8.74. The summed E-state index contributed by atoms with van der Waals surface area (Å²) in [6.45, 7) is -3.14. The molecule has 2 N–H and O–H groups in total. The molecule has 29 heavy (non-hydrogen) atoms. The predicted octanol–water partition coefficient (Wildman–Crippen LogP) is 3.94. The lowest BCUT2D eigenvalue weighted by Crippen LogP contribution is -2.37. The molecule has 0 radical (unpaired) electrons. The van der Waals surface area contributed by atoms with Crippen LogP contribution in [0.5, 0.6) is 5.75 Å². The summed E-state index contributed by atoms with van der Waals surface area (Å²) < 4.78 is 82.3. The van der Waals surface area contributed by atoms with E-state index in [1.807, 2.05) is 0 Å². The lowest BCUT2D eigenvalue weighted by atomic mass is 10.1. The minimum Gasteiger partial charge on any atom is -0.435 e. The minimum atomic E-state index is -4.96. The van der Waals surface area contributed by atoms with E-state index >= 15 is 0 Å². The molecule has 0 aliphatic carbocycles. The van der Waals surface area contributed by atoms with E-state index in [1.54, 1.807) is 0 Å². The van der Waals surface area contributed by atoms with E-state index in [0.717, 1.165) is 12.1 Å². The summed E-state index contributed by atoms with van der Waals surface area (Å²) >= 11 is 5.99. The number of pyridine rings is 1. The fraction of sp³-hybridized carbons (Fsp3) is 0.412. The summed E-state index contributed by atoms with van der Waals surface area (Å²) in [4.78, 5) is 16.0. The average Bonchev–Trinajstić information content (AvgIpc) is 3.03. The van der Waals surface area contributed by atoms with Crippen LogP contribution in [0.15, 0.2) is 18.2 Å². The number of hydrogen-bond acceptors (Lipinski definition) is 4. The fourth-order valence-corrected chi connectivity index (χ4v) is 3.24. The van der Waals surface area contributed by atoms with Crippen molar-refractivity contribution in [1.82, 2.24) is 15.6 Å². The first-order chi connectivity index (χ1) is 13.5. The van der Waals surface area contributed by atoms with Crippen molar-refractivity contribution in [3.8, 4) is 5.75 Å². The molecule has 0 spiro atoms. The zero-order valence-corrected chi connectivity index (χ0v) is 15.3. The van der Waals surface area contributed by atoms with Crippen molar-refractivity contribution in [3.63, 3.8) is 0 Å². The summed E-state index contributed by atoms with van der Waals surface area (Å²) in [7, 11) is 0. The van der Waals surface area contributed by atoms with Gasteiger partial charge >= 0.3 is 12.8 Å². The van der Waals surface area contributed by atoms with Crippen molar-refractivity contribution < 1.29 is 35.9 Å². The van der Waals surface area contributed by atoms with E-state index in [9.17, 15) is 31.1 Å². The van der Waals surface area contributed by atoms with E-state index in [4.69, 9.17) is 11.6 Å². The first-order valence-electron chi connectivity index (χ1n) is 8.36. The molecule has 1 aromatic carbocycles. The molecule has 1 aliphatic heterocycles. The molecule has 1 aromatic heterocycles. The van der Waals surface area contributed by atoms with Crippen LogP contribution in [0.1, 0.15) is 22.5 Å². The highest BCUT2D eigenvalue weighted by molar-refractivity contribution is 6.35. The molecule has 3 rings (SSSR count). The molecule has 2 heterocycles. The Morgan fingerprint density at radius 1 is 1.34 bits per heavy atom. The highest BCUT2D eigenvalue weighted by atomic mass is 35.5. The van der Waals surface area contributed by atoms with Gasteiger partial charge in [0.2, 0.25) is 0 Å². The van der Waals surface area contributed by atoms with Crippen LogP contribution < -0.4 is 15.4 Å². The van der Waals surface area contributed by atoms with Gasteiger partial charge in [-0.1, -0.05) is 11.6 Å². The molecule has 1 saturated heterocycles. The van der Waals surface area contributed by atoms with Gasteiger partial charge in [-0.2, -0.15) is 22.0 Å². The molecule has 1 amide bonds. The van der Waals surface area contributed by atoms with E-state index in [2.05, 4.69) is 20.4 Å². The van der Waals surface area contributed by atoms with Gasteiger partial charge in [0.1, 0.15) is 17.6 Å². The van der Waals surface area contributed by atoms with Gasteiger partial charge in [0, 0.05) is 24.5 Å². The summed E-state index contributed by atoms with van der Waals surface area (Å²) in [5.41, 5.74) is -2.45. The number of carbonyl (C=O) groups is 1. The standard InChI is InChI=1S/C17H14ClF6N3O2/c18-12-4-13(15(28)26-6-8-1-7(19)5-25-8)27-14-10(12)2-9(29-16(20)21)3-11(14)17(22,23)24/h2-4,7-8,16,25H,1,5-6H2,(H,26,28). The second-order valence-electron chi connectivity index (χ2n) is 6.38. The highest BCUT2D eigenvalue weighted by Gasteiger charge is 2.35. The number of fused-ring (bicyclic) bond motifs is 1. The topological polar surface area (TPSA) is 63.2 Å². The number of benzene rings is 1. The van der Waals surface area contributed by atoms with Crippen LogP contribution in [0.3, 0.4) is 0 Å². The minimum absolute atomic E-state index is 0.0455. The van der Waals surface area contributed by atoms with Crippen molar-refractivity contribution in [2.75, 3.05) is 13.1 Å². The van der Waals surface area contributed by atoms with Crippen LogP contribution >= 0.6 is 11.6 Å². The lowest BCUT2D eigenvalue weighted by molar-refractivity contribution is -0.136. The molecule has 2 atom stereocenters. The van der Waals surface area contributed by atoms with Crippen LogP contribution in [0.25, 0.3) is 10.9 Å². The second-order valence-corrected chi connectivity index (χ2v) is 6.79. The van der Waals surface area contributed by atoms with Gasteiger partial charge in [-0.25, -0.2) is 9.37 Å². The molecule has 1 aliphatic rings. The number of nitrogens with zero attached hydrogens (tertiary/aromatic N) is 1. The molecule has 2 unspecified atom stereocenters. The zero-order valence-electron chi connectivity index (χ0n) is 14.5. The monoisotopic (exact) mass is 441 g/mol. The van der Waals surface area contributed by atoms with E-state index in [1.165, 1.54) is 0 Å². The highest BCUT2D eigenvalue weighted by Crippen LogP contribution is 2.39. The van der Waals surface area contributed by atoms with Gasteiger partial charge in [-0.15, -0.1) is 0 Å². The molecule has 0 bridgehead atoms. The Bertz CT molecular complexity index is 924. The van der Waals surface area contributed by atoms with Gasteiger partial charge in [0.25, 0.3) is 5.91 Å². The molecular weight excluding hydrogens is 428 g/mol. The third-order valence-corrected chi connectivity index (χ3v) is 4.59. The summed E-state index contributed by atoms with van der Waals surface area (Å²) in [5, 5.41) is 4.70. The average molecular weight is 442 g/mol. The van der Waals surface area contributed by atoms with Crippen LogP contribution in [0.2, 0.25) is 5.02 Å². The number of halogens is 7. The Morgan fingerprint density at radius 2 is 2.07 bits per heavy atom. The normalized spacial score (nSPS) is 19.7. The largest absolute Gasteiger partial charge is 0.435 e. The Kier molecular flexibility index (Phi) is 6.08. The van der Waals surface area contributed by atoms with Gasteiger partial charge in [-0.3, -0.25) is 4.79 Å². The first kappa shape index (κ1) is 21.4. The summed E-state index contributed by atoms with van der Waals surface area (Å²) in [6, 6.07) is 1.96.